The molecule has 0 heterocycles. The molecule has 0 unspecified atom stereocenters. The van der Waals surface area contributed by atoms with Crippen LogP contribution in [0, 0.1) is 0 Å². The van der Waals surface area contributed by atoms with Crippen LogP contribution in [0.15, 0.2) is 24.3 Å². The van der Waals surface area contributed by atoms with Crippen LogP contribution in [0.2, 0.25) is 5.02 Å². The quantitative estimate of drug-likeness (QED) is 0.805. The highest BCUT2D eigenvalue weighted by Crippen LogP contribution is 2.35. The molecule has 1 aliphatic rings. The summed E-state index contributed by atoms with van der Waals surface area (Å²) in [5, 5.41) is 9.44. The van der Waals surface area contributed by atoms with Crippen molar-refractivity contribution in [2.45, 2.75) is 32.2 Å². The lowest BCUT2D eigenvalue weighted by molar-refractivity contribution is -0.131. The third-order valence-corrected chi connectivity index (χ3v) is 3.39. The lowest BCUT2D eigenvalue weighted by Crippen LogP contribution is -2.27. The number of hydrogen-bond acceptors (Lipinski definition) is 2. The lowest BCUT2D eigenvalue weighted by atomic mass is 10.1. The van der Waals surface area contributed by atoms with E-state index in [1.807, 2.05) is 12.1 Å². The molecular weight excluding hydrogens is 262 g/mol. The molecule has 3 nitrogen and oxygen atoms in total. The Morgan fingerprint density at radius 3 is 2.84 bits per heavy atom. The topological polar surface area (TPSA) is 40.5 Å². The van der Waals surface area contributed by atoms with E-state index < -0.39 is 5.97 Å². The first-order valence-corrected chi connectivity index (χ1v) is 6.97. The number of aliphatic carboxylic acids is 1. The van der Waals surface area contributed by atoms with Gasteiger partial charge < -0.3 is 10.0 Å². The summed E-state index contributed by atoms with van der Waals surface area (Å²) in [6, 6.07) is 6.18. The van der Waals surface area contributed by atoms with Gasteiger partial charge in [0.2, 0.25) is 0 Å². The van der Waals surface area contributed by atoms with Crippen LogP contribution in [0.4, 0.5) is 5.69 Å². The highest BCUT2D eigenvalue weighted by Gasteiger charge is 2.29. The average molecular weight is 280 g/mol. The molecule has 0 spiro atoms. The summed E-state index contributed by atoms with van der Waals surface area (Å²) in [5.74, 6) is -0.936. The summed E-state index contributed by atoms with van der Waals surface area (Å²) < 4.78 is 0. The van der Waals surface area contributed by atoms with Gasteiger partial charge in [-0.15, -0.1) is 0 Å². The number of hydrogen-bond donors (Lipinski definition) is 1. The Morgan fingerprint density at radius 2 is 2.26 bits per heavy atom. The smallest absolute Gasteiger partial charge is 0.328 e. The van der Waals surface area contributed by atoms with Gasteiger partial charge >= 0.3 is 5.97 Å². The monoisotopic (exact) mass is 279 g/mol. The zero-order valence-corrected chi connectivity index (χ0v) is 11.7. The summed E-state index contributed by atoms with van der Waals surface area (Å²) in [6.45, 7) is 3.12. The maximum atomic E-state index is 10.7. The number of halogens is 1. The molecule has 1 saturated carbocycles. The molecule has 0 amide bonds. The maximum Gasteiger partial charge on any atom is 0.328 e. The largest absolute Gasteiger partial charge is 0.478 e. The second-order valence-corrected chi connectivity index (χ2v) is 5.24. The molecule has 102 valence electrons. The number of anilines is 1. The van der Waals surface area contributed by atoms with E-state index in [2.05, 4.69) is 11.8 Å². The number of carboxylic acids is 1. The minimum absolute atomic E-state index is 0.579. The Kier molecular flexibility index (Phi) is 4.48. The van der Waals surface area contributed by atoms with E-state index >= 15 is 0 Å². The molecule has 2 rings (SSSR count). The van der Waals surface area contributed by atoms with Crippen molar-refractivity contribution >= 4 is 29.3 Å². The summed E-state index contributed by atoms with van der Waals surface area (Å²) in [6.07, 6.45) is 6.27. The number of benzene rings is 1. The SMILES string of the molecule is CCCN(c1cc(Cl)ccc1/C=C/C(=O)O)C1CC1. The van der Waals surface area contributed by atoms with E-state index in [1.165, 1.54) is 18.9 Å². The Balaban J connectivity index is 2.34. The predicted molar refractivity (Wildman–Crippen MR) is 78.8 cm³/mol. The van der Waals surface area contributed by atoms with Gasteiger partial charge in [0.25, 0.3) is 0 Å². The first-order chi connectivity index (χ1) is 9.11. The second kappa shape index (κ2) is 6.11. The molecule has 4 heteroatoms. The van der Waals surface area contributed by atoms with Gasteiger partial charge in [-0.05, 0) is 43.0 Å². The van der Waals surface area contributed by atoms with E-state index in [4.69, 9.17) is 16.7 Å². The van der Waals surface area contributed by atoms with Crippen LogP contribution in [0.25, 0.3) is 6.08 Å². The molecule has 0 aliphatic heterocycles. The molecule has 19 heavy (non-hydrogen) atoms. The summed E-state index contributed by atoms with van der Waals surface area (Å²) >= 11 is 6.08. The third kappa shape index (κ3) is 3.74. The van der Waals surface area contributed by atoms with Crippen molar-refractivity contribution < 1.29 is 9.90 Å². The maximum absolute atomic E-state index is 10.7. The second-order valence-electron chi connectivity index (χ2n) is 4.80. The van der Waals surface area contributed by atoms with Gasteiger partial charge in [0, 0.05) is 29.4 Å². The van der Waals surface area contributed by atoms with Gasteiger partial charge in [-0.1, -0.05) is 24.6 Å². The molecule has 1 N–H and O–H groups in total. The zero-order valence-electron chi connectivity index (χ0n) is 11.0. The number of rotatable bonds is 6. The number of nitrogens with zero attached hydrogens (tertiary/aromatic N) is 1. The normalized spacial score (nSPS) is 14.8. The Labute approximate surface area is 118 Å². The fraction of sp³-hybridized carbons (Fsp3) is 0.400. The summed E-state index contributed by atoms with van der Waals surface area (Å²) in [5.41, 5.74) is 1.95. The van der Waals surface area contributed by atoms with Gasteiger partial charge in [-0.25, -0.2) is 4.79 Å². The summed E-state index contributed by atoms with van der Waals surface area (Å²) in [7, 11) is 0. The average Bonchev–Trinajstić information content (AvgIpc) is 3.18. The van der Waals surface area contributed by atoms with Crippen LogP contribution >= 0.6 is 11.6 Å². The molecule has 0 aromatic heterocycles. The zero-order chi connectivity index (χ0) is 13.8. The van der Waals surface area contributed by atoms with Gasteiger partial charge in [0.1, 0.15) is 0 Å². The fourth-order valence-corrected chi connectivity index (χ4v) is 2.36. The van der Waals surface area contributed by atoms with Crippen LogP contribution in [-0.2, 0) is 4.79 Å². The van der Waals surface area contributed by atoms with Crippen molar-refractivity contribution in [3.63, 3.8) is 0 Å². The fourth-order valence-electron chi connectivity index (χ4n) is 2.19. The van der Waals surface area contributed by atoms with Gasteiger partial charge in [-0.2, -0.15) is 0 Å². The van der Waals surface area contributed by atoms with Gasteiger partial charge in [-0.3, -0.25) is 0 Å². The van der Waals surface area contributed by atoms with Crippen molar-refractivity contribution in [2.75, 3.05) is 11.4 Å². The highest BCUT2D eigenvalue weighted by molar-refractivity contribution is 6.31. The minimum atomic E-state index is -0.936. The first-order valence-electron chi connectivity index (χ1n) is 6.59. The van der Waals surface area contributed by atoms with Crippen LogP contribution < -0.4 is 4.90 Å². The third-order valence-electron chi connectivity index (χ3n) is 3.16. The van der Waals surface area contributed by atoms with Gasteiger partial charge in [0.15, 0.2) is 0 Å². The molecule has 1 fully saturated rings. The molecule has 0 bridgehead atoms. The molecule has 1 aliphatic carbocycles. The van der Waals surface area contributed by atoms with E-state index in [-0.39, 0.29) is 0 Å². The van der Waals surface area contributed by atoms with Crippen molar-refractivity contribution in [1.29, 1.82) is 0 Å². The Bertz CT molecular complexity index is 495. The van der Waals surface area contributed by atoms with Crippen LogP contribution in [-0.4, -0.2) is 23.7 Å². The molecule has 0 radical (unpaired) electrons. The Morgan fingerprint density at radius 1 is 1.53 bits per heavy atom. The van der Waals surface area contributed by atoms with Crippen molar-refractivity contribution in [1.82, 2.24) is 0 Å². The lowest BCUT2D eigenvalue weighted by Gasteiger charge is -2.26. The van der Waals surface area contributed by atoms with Crippen molar-refractivity contribution in [3.8, 4) is 0 Å². The standard InChI is InChI=1S/C15H18ClNO2/c1-2-9-17(13-6-7-13)14-10-12(16)5-3-11(14)4-8-15(18)19/h3-5,8,10,13H,2,6-7,9H2,1H3,(H,18,19)/b8-4+. The molecular formula is C15H18ClNO2. The van der Waals surface area contributed by atoms with Crippen molar-refractivity contribution in [3.05, 3.63) is 34.9 Å². The van der Waals surface area contributed by atoms with E-state index in [0.29, 0.717) is 11.1 Å². The van der Waals surface area contributed by atoms with E-state index in [1.54, 1.807) is 12.1 Å². The van der Waals surface area contributed by atoms with Crippen LogP contribution in [0.5, 0.6) is 0 Å². The number of carboxylic acid groups (broad SMARTS) is 1. The van der Waals surface area contributed by atoms with E-state index in [9.17, 15) is 4.79 Å². The predicted octanol–water partition coefficient (Wildman–Crippen LogP) is 3.82. The first kappa shape index (κ1) is 13.9. The summed E-state index contributed by atoms with van der Waals surface area (Å²) in [4.78, 5) is 13.0. The van der Waals surface area contributed by atoms with Crippen LogP contribution in [0.3, 0.4) is 0 Å². The number of carbonyl (C=O) groups is 1. The molecule has 1 aromatic rings. The highest BCUT2D eigenvalue weighted by atomic mass is 35.5. The molecule has 0 saturated heterocycles. The molecule has 0 atom stereocenters. The minimum Gasteiger partial charge on any atom is -0.478 e. The van der Waals surface area contributed by atoms with Crippen LogP contribution in [0.1, 0.15) is 31.7 Å². The molecule has 1 aromatic carbocycles. The van der Waals surface area contributed by atoms with Gasteiger partial charge in [0.05, 0.1) is 0 Å². The Hall–Kier alpha value is -1.48. The van der Waals surface area contributed by atoms with E-state index in [0.717, 1.165) is 24.2 Å². The van der Waals surface area contributed by atoms with Crippen molar-refractivity contribution in [2.24, 2.45) is 0 Å².